The Morgan fingerprint density at radius 1 is 1.15 bits per heavy atom. The lowest BCUT2D eigenvalue weighted by Crippen LogP contribution is -2.44. The van der Waals surface area contributed by atoms with E-state index in [-0.39, 0.29) is 30.2 Å². The summed E-state index contributed by atoms with van der Waals surface area (Å²) in [6.07, 6.45) is 2.77. The Kier molecular flexibility index (Phi) is 9.21. The van der Waals surface area contributed by atoms with Crippen molar-refractivity contribution in [1.29, 1.82) is 5.26 Å². The van der Waals surface area contributed by atoms with Crippen molar-refractivity contribution >= 4 is 39.5 Å². The molecule has 2 aliphatic heterocycles. The molecule has 212 valence electrons. The Morgan fingerprint density at radius 2 is 1.88 bits per heavy atom. The summed E-state index contributed by atoms with van der Waals surface area (Å²) in [5, 5.41) is 9.86. The zero-order valence-electron chi connectivity index (χ0n) is 22.3. The first-order valence-electron chi connectivity index (χ1n) is 13.2. The molecular formula is C27H32N6O6S. The number of nitriles is 1. The minimum Gasteiger partial charge on any atom is -0.462 e. The first kappa shape index (κ1) is 28.8. The maximum absolute atomic E-state index is 12.8. The van der Waals surface area contributed by atoms with Crippen LogP contribution < -0.4 is 14.3 Å². The Labute approximate surface area is 233 Å². The Morgan fingerprint density at radius 3 is 2.52 bits per heavy atom. The molecule has 2 aliphatic rings. The molecule has 2 N–H and O–H groups in total. The van der Waals surface area contributed by atoms with Crippen LogP contribution in [0.1, 0.15) is 60.6 Å². The number of anilines is 2. The van der Waals surface area contributed by atoms with Crippen molar-refractivity contribution in [1.82, 2.24) is 14.6 Å². The van der Waals surface area contributed by atoms with Crippen LogP contribution in [0.15, 0.2) is 36.4 Å². The van der Waals surface area contributed by atoms with Gasteiger partial charge in [-0.1, -0.05) is 18.2 Å². The number of carbonyl (C=O) groups is 3. The minimum absolute atomic E-state index is 0.0164. The monoisotopic (exact) mass is 568 g/mol. The number of likely N-dealkylation sites (tertiary alicyclic amines) is 1. The molecule has 4 rings (SSSR count). The Balaban J connectivity index is 1.48. The maximum atomic E-state index is 12.8. The molecule has 3 heterocycles. The van der Waals surface area contributed by atoms with Gasteiger partial charge in [0, 0.05) is 32.0 Å². The van der Waals surface area contributed by atoms with Crippen molar-refractivity contribution in [2.45, 2.75) is 45.6 Å². The predicted molar refractivity (Wildman–Crippen MR) is 146 cm³/mol. The van der Waals surface area contributed by atoms with Crippen molar-refractivity contribution in [2.75, 3.05) is 35.9 Å². The van der Waals surface area contributed by atoms with Crippen LogP contribution in [0.2, 0.25) is 0 Å². The second-order valence-electron chi connectivity index (χ2n) is 9.66. The van der Waals surface area contributed by atoms with E-state index < -0.39 is 28.0 Å². The van der Waals surface area contributed by atoms with Gasteiger partial charge in [-0.25, -0.2) is 14.5 Å². The van der Waals surface area contributed by atoms with Gasteiger partial charge < -0.3 is 14.5 Å². The fraction of sp³-hybridized carbons (Fsp3) is 0.444. The first-order chi connectivity index (χ1) is 19.2. The highest BCUT2D eigenvalue weighted by Gasteiger charge is 2.31. The summed E-state index contributed by atoms with van der Waals surface area (Å²) in [5.41, 5.74) is 1.00. The molecule has 2 saturated heterocycles. The summed E-state index contributed by atoms with van der Waals surface area (Å²) < 4.78 is 34.4. The normalized spacial score (nSPS) is 16.2. The van der Waals surface area contributed by atoms with Gasteiger partial charge in [-0.15, -0.1) is 0 Å². The standard InChI is InChI=1S/C27H32N6O6S/c1-2-39-27(36)22-16-20(17-28)25(29-23(22)18-33-13-7-6-10-24(33)34)32-14-11-19(12-15-32)26(35)31-40(37,38)30-21-8-4-3-5-9-21/h3-5,8-9,16,19,30H,2,6-7,10-15,18H2,1H3,(H,31,35). The number of rotatable bonds is 9. The minimum atomic E-state index is -4.10. The fourth-order valence-electron chi connectivity index (χ4n) is 4.84. The van der Waals surface area contributed by atoms with Crippen LogP contribution in [-0.4, -0.2) is 62.3 Å². The van der Waals surface area contributed by atoms with Crippen molar-refractivity contribution in [3.63, 3.8) is 0 Å². The number of benzene rings is 1. The van der Waals surface area contributed by atoms with Crippen LogP contribution in [0.25, 0.3) is 0 Å². The highest BCUT2D eigenvalue weighted by Crippen LogP contribution is 2.28. The van der Waals surface area contributed by atoms with Crippen molar-refractivity contribution < 1.29 is 27.5 Å². The van der Waals surface area contributed by atoms with Gasteiger partial charge in [0.25, 0.3) is 0 Å². The number of pyridine rings is 1. The van der Waals surface area contributed by atoms with E-state index in [1.165, 1.54) is 6.07 Å². The zero-order chi connectivity index (χ0) is 28.7. The average Bonchev–Trinajstić information content (AvgIpc) is 2.94. The van der Waals surface area contributed by atoms with Crippen molar-refractivity contribution in [2.24, 2.45) is 5.92 Å². The smallest absolute Gasteiger partial charge is 0.340 e. The van der Waals surface area contributed by atoms with Crippen LogP contribution in [0, 0.1) is 17.2 Å². The van der Waals surface area contributed by atoms with Crippen molar-refractivity contribution in [3.8, 4) is 6.07 Å². The molecule has 12 nitrogen and oxygen atoms in total. The average molecular weight is 569 g/mol. The molecule has 1 aromatic heterocycles. The molecule has 0 aliphatic carbocycles. The summed E-state index contributed by atoms with van der Waals surface area (Å²) in [6, 6.07) is 11.8. The molecule has 13 heteroatoms. The molecule has 0 saturated carbocycles. The van der Waals surface area contributed by atoms with Gasteiger partial charge in [0.2, 0.25) is 11.8 Å². The third kappa shape index (κ3) is 7.06. The Bertz CT molecular complexity index is 1400. The van der Waals surface area contributed by atoms with E-state index in [4.69, 9.17) is 4.74 Å². The van der Waals surface area contributed by atoms with E-state index in [1.54, 1.807) is 42.2 Å². The number of aromatic nitrogens is 1. The number of esters is 1. The van der Waals surface area contributed by atoms with E-state index in [2.05, 4.69) is 20.5 Å². The molecule has 0 atom stereocenters. The van der Waals surface area contributed by atoms with Gasteiger partial charge in [-0.3, -0.25) is 14.3 Å². The van der Waals surface area contributed by atoms with Crippen molar-refractivity contribution in [3.05, 3.63) is 53.2 Å². The molecule has 0 radical (unpaired) electrons. The second kappa shape index (κ2) is 12.8. The number of hydrogen-bond donors (Lipinski definition) is 2. The number of amides is 2. The van der Waals surface area contributed by atoms with Gasteiger partial charge in [-0.2, -0.15) is 13.7 Å². The number of carbonyl (C=O) groups excluding carboxylic acids is 3. The van der Waals surface area contributed by atoms with E-state index in [1.807, 2.05) is 4.90 Å². The summed E-state index contributed by atoms with van der Waals surface area (Å²) in [6.45, 7) is 3.19. The number of piperidine rings is 2. The molecule has 40 heavy (non-hydrogen) atoms. The van der Waals surface area contributed by atoms with Gasteiger partial charge in [0.1, 0.15) is 11.9 Å². The number of hydrogen-bond acceptors (Lipinski definition) is 9. The molecule has 0 unspecified atom stereocenters. The van der Waals surface area contributed by atoms with Gasteiger partial charge in [-0.05, 0) is 50.8 Å². The fourth-order valence-corrected chi connectivity index (χ4v) is 5.76. The summed E-state index contributed by atoms with van der Waals surface area (Å²) in [5.74, 6) is -1.44. The topological polar surface area (TPSA) is 162 Å². The maximum Gasteiger partial charge on any atom is 0.340 e. The van der Waals surface area contributed by atoms with Crippen LogP contribution in [0.5, 0.6) is 0 Å². The lowest BCUT2D eigenvalue weighted by molar-refractivity contribution is -0.134. The second-order valence-corrected chi connectivity index (χ2v) is 11.1. The van der Waals surface area contributed by atoms with E-state index in [9.17, 15) is 28.1 Å². The third-order valence-corrected chi connectivity index (χ3v) is 7.86. The van der Waals surface area contributed by atoms with Gasteiger partial charge >= 0.3 is 16.2 Å². The predicted octanol–water partition coefficient (Wildman–Crippen LogP) is 2.33. The Hall–Kier alpha value is -4.18. The van der Waals surface area contributed by atoms with Crippen LogP contribution in [0.3, 0.4) is 0 Å². The lowest BCUT2D eigenvalue weighted by Gasteiger charge is -2.33. The number of ether oxygens (including phenoxy) is 1. The summed E-state index contributed by atoms with van der Waals surface area (Å²) >= 11 is 0. The van der Waals surface area contributed by atoms with Gasteiger partial charge in [0.15, 0.2) is 0 Å². The first-order valence-corrected chi connectivity index (χ1v) is 14.7. The van der Waals surface area contributed by atoms with Crippen LogP contribution in [0.4, 0.5) is 11.5 Å². The SMILES string of the molecule is CCOC(=O)c1cc(C#N)c(N2CCC(C(=O)NS(=O)(=O)Nc3ccccc3)CC2)nc1CN1CCCCC1=O. The quantitative estimate of drug-likeness (QED) is 0.432. The molecule has 0 spiro atoms. The highest BCUT2D eigenvalue weighted by atomic mass is 32.2. The molecular weight excluding hydrogens is 536 g/mol. The third-order valence-electron chi connectivity index (χ3n) is 6.89. The van der Waals surface area contributed by atoms with E-state index in [0.717, 1.165) is 12.8 Å². The highest BCUT2D eigenvalue weighted by molar-refractivity contribution is 7.91. The zero-order valence-corrected chi connectivity index (χ0v) is 23.1. The van der Waals surface area contributed by atoms with Crippen LogP contribution in [-0.2, 0) is 31.1 Å². The molecule has 2 amide bonds. The lowest BCUT2D eigenvalue weighted by atomic mass is 9.96. The number of para-hydroxylation sites is 1. The number of nitrogens with one attached hydrogen (secondary N) is 2. The molecule has 2 fully saturated rings. The van der Waals surface area contributed by atoms with Crippen LogP contribution >= 0.6 is 0 Å². The largest absolute Gasteiger partial charge is 0.462 e. The number of nitrogens with zero attached hydrogens (tertiary/aromatic N) is 4. The van der Waals surface area contributed by atoms with E-state index in [0.29, 0.717) is 56.1 Å². The summed E-state index contributed by atoms with van der Waals surface area (Å²) in [7, 11) is -4.10. The van der Waals surface area contributed by atoms with E-state index >= 15 is 0 Å². The molecule has 2 aromatic rings. The summed E-state index contributed by atoms with van der Waals surface area (Å²) in [4.78, 5) is 46.1. The molecule has 1 aromatic carbocycles. The molecule has 0 bridgehead atoms. The van der Waals surface area contributed by atoms with Gasteiger partial charge in [0.05, 0.1) is 35.7 Å².